The summed E-state index contributed by atoms with van der Waals surface area (Å²) in [6.45, 7) is 16.0. The van der Waals surface area contributed by atoms with Crippen LogP contribution in [0.5, 0.6) is 0 Å². The first kappa shape index (κ1) is 31.8. The minimum absolute atomic E-state index is 0.0692. The lowest BCUT2D eigenvalue weighted by atomic mass is 9.70. The van der Waals surface area contributed by atoms with Crippen LogP contribution in [0.25, 0.3) is 0 Å². The first-order valence-corrected chi connectivity index (χ1v) is 15.4. The summed E-state index contributed by atoms with van der Waals surface area (Å²) >= 11 is 3.71. The molecule has 3 saturated heterocycles. The van der Waals surface area contributed by atoms with Crippen LogP contribution in [0.4, 0.5) is 0 Å². The zero-order chi connectivity index (χ0) is 28.9. The van der Waals surface area contributed by atoms with E-state index in [2.05, 4.69) is 36.0 Å². The lowest BCUT2D eigenvalue weighted by Crippen LogP contribution is -2.60. The smallest absolute Gasteiger partial charge is 0.312 e. The Morgan fingerprint density at radius 2 is 2.00 bits per heavy atom. The van der Waals surface area contributed by atoms with Crippen molar-refractivity contribution in [2.75, 3.05) is 19.8 Å². The van der Waals surface area contributed by atoms with Gasteiger partial charge in [0.15, 0.2) is 0 Å². The monoisotopic (exact) mass is 610 g/mol. The van der Waals surface area contributed by atoms with Crippen molar-refractivity contribution in [2.24, 2.45) is 17.8 Å². The fourth-order valence-corrected chi connectivity index (χ4v) is 7.79. The second kappa shape index (κ2) is 13.8. The molecule has 8 nitrogen and oxygen atoms in total. The zero-order valence-corrected chi connectivity index (χ0v) is 25.6. The van der Waals surface area contributed by atoms with Crippen molar-refractivity contribution in [2.45, 2.75) is 107 Å². The van der Waals surface area contributed by atoms with E-state index in [1.807, 2.05) is 26.8 Å². The van der Waals surface area contributed by atoms with Crippen molar-refractivity contribution in [3.63, 3.8) is 0 Å². The molecule has 0 aromatic heterocycles. The Morgan fingerprint density at radius 3 is 2.59 bits per heavy atom. The molecule has 1 spiro atoms. The van der Waals surface area contributed by atoms with Crippen LogP contribution in [-0.4, -0.2) is 87.1 Å². The molecular weight excluding hydrogens is 564 g/mol. The summed E-state index contributed by atoms with van der Waals surface area (Å²) in [5.41, 5.74) is -1.17. The molecule has 0 aromatic carbocycles. The first-order valence-electron chi connectivity index (χ1n) is 14.5. The Balaban J connectivity index is 2.03. The Morgan fingerprint density at radius 1 is 1.28 bits per heavy atom. The minimum Gasteiger partial charge on any atom is -0.465 e. The number of hydrogen-bond donors (Lipinski definition) is 1. The number of allylic oxidation sites excluding steroid dienone is 1. The Kier molecular flexibility index (Phi) is 11.2. The molecule has 220 valence electrons. The molecule has 3 fully saturated rings. The molecule has 1 N–H and O–H groups in total. The molecule has 0 radical (unpaired) electrons. The van der Waals surface area contributed by atoms with E-state index in [0.29, 0.717) is 25.8 Å². The number of esters is 1. The highest BCUT2D eigenvalue weighted by Gasteiger charge is 2.77. The van der Waals surface area contributed by atoms with E-state index in [0.717, 1.165) is 25.7 Å². The summed E-state index contributed by atoms with van der Waals surface area (Å²) in [5.74, 6) is -2.43. The van der Waals surface area contributed by atoms with Crippen molar-refractivity contribution >= 4 is 33.7 Å². The summed E-state index contributed by atoms with van der Waals surface area (Å²) in [6.07, 6.45) is 8.04. The number of carbonyl (C=O) groups is 3. The van der Waals surface area contributed by atoms with Crippen molar-refractivity contribution in [1.82, 2.24) is 9.80 Å². The maximum atomic E-state index is 14.5. The van der Waals surface area contributed by atoms with E-state index >= 15 is 0 Å². The van der Waals surface area contributed by atoms with Gasteiger partial charge in [-0.2, -0.15) is 0 Å². The second-order valence-electron chi connectivity index (χ2n) is 11.7. The normalized spacial score (nSPS) is 30.8. The van der Waals surface area contributed by atoms with Crippen LogP contribution >= 0.6 is 15.9 Å². The van der Waals surface area contributed by atoms with Crippen LogP contribution in [-0.2, 0) is 23.9 Å². The van der Waals surface area contributed by atoms with Gasteiger partial charge in [-0.05, 0) is 51.4 Å². The fourth-order valence-electron chi connectivity index (χ4n) is 6.85. The Labute approximate surface area is 242 Å². The molecule has 4 unspecified atom stereocenters. The van der Waals surface area contributed by atoms with Gasteiger partial charge in [-0.1, -0.05) is 55.3 Å². The van der Waals surface area contributed by atoms with Crippen molar-refractivity contribution in [3.8, 4) is 0 Å². The predicted molar refractivity (Wildman–Crippen MR) is 154 cm³/mol. The maximum Gasteiger partial charge on any atom is 0.312 e. The minimum atomic E-state index is -1.17. The third-order valence-corrected chi connectivity index (χ3v) is 9.32. The zero-order valence-electron chi connectivity index (χ0n) is 24.0. The largest absolute Gasteiger partial charge is 0.465 e. The number of halogens is 1. The standard InChI is InChI=1S/C30H47BrN2O6/c1-7-10-11-12-15-38-29(37)23-24-27(35)33(21(18-34)16-19(4)5)26(30(24)17-22(31)25(23)39-30)28(36)32(14-9-3)20(6)13-8-2/h7,9,19-26,34H,1,3,8,10-18H2,2,4-6H3/t20?,21-,22?,23-,24+,25-,26?,30?/m1/s1. The van der Waals surface area contributed by atoms with Crippen LogP contribution < -0.4 is 0 Å². The van der Waals surface area contributed by atoms with Gasteiger partial charge in [-0.3, -0.25) is 14.4 Å². The number of carbonyl (C=O) groups excluding carboxylic acids is 3. The van der Waals surface area contributed by atoms with Crippen LogP contribution in [0.3, 0.4) is 0 Å². The predicted octanol–water partition coefficient (Wildman–Crippen LogP) is 4.24. The quantitative estimate of drug-likeness (QED) is 0.121. The Bertz CT molecular complexity index is 912. The lowest BCUT2D eigenvalue weighted by molar-refractivity contribution is -0.157. The van der Waals surface area contributed by atoms with Crippen LogP contribution in [0, 0.1) is 17.8 Å². The van der Waals surface area contributed by atoms with E-state index in [1.165, 1.54) is 0 Å². The van der Waals surface area contributed by atoms with Gasteiger partial charge in [0.1, 0.15) is 11.6 Å². The van der Waals surface area contributed by atoms with Gasteiger partial charge in [0.2, 0.25) is 11.8 Å². The number of aliphatic hydroxyl groups excluding tert-OH is 1. The van der Waals surface area contributed by atoms with Gasteiger partial charge in [-0.15, -0.1) is 13.2 Å². The lowest BCUT2D eigenvalue weighted by Gasteiger charge is -2.41. The number of alkyl halides is 1. The average molecular weight is 612 g/mol. The van der Waals surface area contributed by atoms with Gasteiger partial charge in [-0.25, -0.2) is 0 Å². The molecule has 3 heterocycles. The summed E-state index contributed by atoms with van der Waals surface area (Å²) in [4.78, 5) is 45.4. The van der Waals surface area contributed by atoms with Gasteiger partial charge < -0.3 is 24.4 Å². The molecule has 39 heavy (non-hydrogen) atoms. The highest BCUT2D eigenvalue weighted by Crippen LogP contribution is 2.61. The highest BCUT2D eigenvalue weighted by molar-refractivity contribution is 9.09. The van der Waals surface area contributed by atoms with Crippen molar-refractivity contribution < 1.29 is 29.0 Å². The third kappa shape index (κ3) is 6.15. The number of nitrogens with zero attached hydrogens (tertiary/aromatic N) is 2. The van der Waals surface area contributed by atoms with Gasteiger partial charge in [0, 0.05) is 17.4 Å². The molecule has 0 aliphatic carbocycles. The molecule has 0 saturated carbocycles. The topological polar surface area (TPSA) is 96.4 Å². The first-order chi connectivity index (χ1) is 18.6. The van der Waals surface area contributed by atoms with E-state index in [4.69, 9.17) is 9.47 Å². The van der Waals surface area contributed by atoms with E-state index in [-0.39, 0.29) is 41.8 Å². The molecule has 2 bridgehead atoms. The number of likely N-dealkylation sites (tertiary alicyclic amines) is 1. The Hall–Kier alpha value is -1.71. The fraction of sp³-hybridized carbons (Fsp3) is 0.767. The van der Waals surface area contributed by atoms with Crippen molar-refractivity contribution in [1.29, 1.82) is 0 Å². The summed E-state index contributed by atoms with van der Waals surface area (Å²) in [5, 5.41) is 10.4. The second-order valence-corrected chi connectivity index (χ2v) is 12.9. The van der Waals surface area contributed by atoms with Crippen molar-refractivity contribution in [3.05, 3.63) is 25.3 Å². The summed E-state index contributed by atoms with van der Waals surface area (Å²) in [6, 6.07) is -1.58. The number of hydrogen-bond acceptors (Lipinski definition) is 6. The SMILES string of the molecule is C=CCCCCOC(=O)[C@H]1[C@@H]2OC3(CC2Br)C(C(=O)N(CC=C)C(C)CCC)N([C@@H](CO)CC(C)C)C(=O)[C@H]13. The average Bonchev–Trinajstić information content (AvgIpc) is 3.48. The van der Waals surface area contributed by atoms with E-state index in [1.54, 1.807) is 15.9 Å². The van der Waals surface area contributed by atoms with Crippen LogP contribution in [0.15, 0.2) is 25.3 Å². The molecule has 3 rings (SSSR count). The van der Waals surface area contributed by atoms with Gasteiger partial charge in [0.25, 0.3) is 0 Å². The molecular formula is C30H47BrN2O6. The number of rotatable bonds is 16. The number of fused-ring (bicyclic) bond motifs is 1. The molecule has 0 aromatic rings. The molecule has 2 amide bonds. The van der Waals surface area contributed by atoms with Crippen LogP contribution in [0.1, 0.15) is 72.6 Å². The molecule has 9 heteroatoms. The number of ether oxygens (including phenoxy) is 2. The number of unbranched alkanes of at least 4 members (excludes halogenated alkanes) is 2. The maximum absolute atomic E-state index is 14.5. The number of amides is 2. The summed E-state index contributed by atoms with van der Waals surface area (Å²) in [7, 11) is 0. The third-order valence-electron chi connectivity index (χ3n) is 8.48. The van der Waals surface area contributed by atoms with Gasteiger partial charge >= 0.3 is 5.97 Å². The van der Waals surface area contributed by atoms with E-state index < -0.39 is 41.6 Å². The summed E-state index contributed by atoms with van der Waals surface area (Å²) < 4.78 is 12.3. The number of aliphatic hydroxyl groups is 1. The van der Waals surface area contributed by atoms with Gasteiger partial charge in [0.05, 0.1) is 37.2 Å². The van der Waals surface area contributed by atoms with E-state index in [9.17, 15) is 19.5 Å². The molecule has 3 aliphatic rings. The highest BCUT2D eigenvalue weighted by atomic mass is 79.9. The molecule has 3 aliphatic heterocycles. The molecule has 8 atom stereocenters. The van der Waals surface area contributed by atoms with Crippen LogP contribution in [0.2, 0.25) is 0 Å².